The van der Waals surface area contributed by atoms with Crippen LogP contribution in [-0.2, 0) is 9.84 Å². The van der Waals surface area contributed by atoms with Crippen LogP contribution >= 0.6 is 0 Å². The summed E-state index contributed by atoms with van der Waals surface area (Å²) in [4.78, 5) is 0. The first-order valence-electron chi connectivity index (χ1n) is 6.16. The molecule has 6 heteroatoms. The van der Waals surface area contributed by atoms with E-state index in [4.69, 9.17) is 10.00 Å². The lowest BCUT2D eigenvalue weighted by molar-refractivity contribution is 0.368. The molecule has 1 saturated heterocycles. The van der Waals surface area contributed by atoms with E-state index in [1.807, 2.05) is 24.3 Å². The van der Waals surface area contributed by atoms with Crippen LogP contribution in [0, 0.1) is 11.3 Å². The molecule has 1 N–H and O–H groups in total. The zero-order chi connectivity index (χ0) is 13.7. The topological polar surface area (TPSA) is 79.2 Å². The molecule has 0 aromatic heterocycles. The predicted molar refractivity (Wildman–Crippen MR) is 72.8 cm³/mol. The van der Waals surface area contributed by atoms with Crippen molar-refractivity contribution in [2.45, 2.75) is 18.9 Å². The molecule has 102 valence electrons. The van der Waals surface area contributed by atoms with E-state index in [0.717, 1.165) is 5.69 Å². The SMILES string of the molecule is N#CCOc1cccc(NC2CCS(=O)(=O)CC2)c1. The van der Waals surface area contributed by atoms with Crippen molar-refractivity contribution in [3.8, 4) is 11.8 Å². The van der Waals surface area contributed by atoms with E-state index in [2.05, 4.69) is 5.32 Å². The lowest BCUT2D eigenvalue weighted by Gasteiger charge is -2.24. The minimum Gasteiger partial charge on any atom is -0.479 e. The van der Waals surface area contributed by atoms with Gasteiger partial charge in [-0.1, -0.05) is 6.07 Å². The largest absolute Gasteiger partial charge is 0.479 e. The van der Waals surface area contributed by atoms with Gasteiger partial charge in [0.25, 0.3) is 0 Å². The van der Waals surface area contributed by atoms with Crippen molar-refractivity contribution in [1.82, 2.24) is 0 Å². The molecule has 1 aromatic carbocycles. The van der Waals surface area contributed by atoms with Crippen molar-refractivity contribution >= 4 is 15.5 Å². The molecule has 0 bridgehead atoms. The molecule has 0 unspecified atom stereocenters. The van der Waals surface area contributed by atoms with Gasteiger partial charge < -0.3 is 10.1 Å². The number of nitriles is 1. The summed E-state index contributed by atoms with van der Waals surface area (Å²) in [5.41, 5.74) is 0.889. The van der Waals surface area contributed by atoms with E-state index >= 15 is 0 Å². The molecule has 1 aromatic rings. The summed E-state index contributed by atoms with van der Waals surface area (Å²) in [6.45, 7) is 0.0190. The Bertz CT molecular complexity index is 564. The third-order valence-corrected chi connectivity index (χ3v) is 4.78. The fraction of sp³-hybridized carbons (Fsp3) is 0.462. The summed E-state index contributed by atoms with van der Waals surface area (Å²) in [6.07, 6.45) is 1.26. The Morgan fingerprint density at radius 1 is 1.37 bits per heavy atom. The highest BCUT2D eigenvalue weighted by atomic mass is 32.2. The van der Waals surface area contributed by atoms with Gasteiger partial charge in [-0.15, -0.1) is 0 Å². The molecule has 0 saturated carbocycles. The maximum atomic E-state index is 11.3. The molecule has 1 heterocycles. The average molecular weight is 280 g/mol. The summed E-state index contributed by atoms with van der Waals surface area (Å²) < 4.78 is 27.9. The fourth-order valence-electron chi connectivity index (χ4n) is 2.06. The molecule has 19 heavy (non-hydrogen) atoms. The average Bonchev–Trinajstić information content (AvgIpc) is 2.39. The Morgan fingerprint density at radius 2 is 2.11 bits per heavy atom. The van der Waals surface area contributed by atoms with Crippen molar-refractivity contribution in [2.24, 2.45) is 0 Å². The van der Waals surface area contributed by atoms with Gasteiger partial charge in [0, 0.05) is 17.8 Å². The summed E-state index contributed by atoms with van der Waals surface area (Å²) >= 11 is 0. The van der Waals surface area contributed by atoms with E-state index in [9.17, 15) is 8.42 Å². The van der Waals surface area contributed by atoms with Gasteiger partial charge in [0.15, 0.2) is 6.61 Å². The summed E-state index contributed by atoms with van der Waals surface area (Å²) in [5.74, 6) is 1.12. The van der Waals surface area contributed by atoms with Gasteiger partial charge in [-0.25, -0.2) is 8.42 Å². The minimum absolute atomic E-state index is 0.0190. The van der Waals surface area contributed by atoms with Crippen molar-refractivity contribution in [3.63, 3.8) is 0 Å². The second-order valence-corrected chi connectivity index (χ2v) is 6.85. The van der Waals surface area contributed by atoms with Crippen molar-refractivity contribution in [1.29, 1.82) is 5.26 Å². The Hall–Kier alpha value is -1.74. The predicted octanol–water partition coefficient (Wildman–Crippen LogP) is 1.58. The fourth-order valence-corrected chi connectivity index (χ4v) is 3.55. The van der Waals surface area contributed by atoms with E-state index in [1.54, 1.807) is 6.07 Å². The van der Waals surface area contributed by atoms with Gasteiger partial charge in [0.1, 0.15) is 21.7 Å². The molecule has 5 nitrogen and oxygen atoms in total. The summed E-state index contributed by atoms with van der Waals surface area (Å²) in [5, 5.41) is 11.8. The maximum Gasteiger partial charge on any atom is 0.174 e. The van der Waals surface area contributed by atoms with E-state index < -0.39 is 9.84 Å². The molecule has 0 radical (unpaired) electrons. The highest BCUT2D eigenvalue weighted by molar-refractivity contribution is 7.91. The van der Waals surface area contributed by atoms with Crippen LogP contribution in [0.4, 0.5) is 5.69 Å². The Labute approximate surface area is 113 Å². The summed E-state index contributed by atoms with van der Waals surface area (Å²) in [6, 6.07) is 9.44. The third-order valence-electron chi connectivity index (χ3n) is 3.06. The van der Waals surface area contributed by atoms with Crippen LogP contribution < -0.4 is 10.1 Å². The molecular formula is C13H16N2O3S. The molecule has 0 atom stereocenters. The Balaban J connectivity index is 1.94. The molecule has 1 aliphatic rings. The quantitative estimate of drug-likeness (QED) is 0.905. The number of hydrogen-bond acceptors (Lipinski definition) is 5. The summed E-state index contributed by atoms with van der Waals surface area (Å²) in [7, 11) is -2.83. The Morgan fingerprint density at radius 3 is 2.79 bits per heavy atom. The highest BCUT2D eigenvalue weighted by Gasteiger charge is 2.23. The van der Waals surface area contributed by atoms with Crippen molar-refractivity contribution in [3.05, 3.63) is 24.3 Å². The van der Waals surface area contributed by atoms with Gasteiger partial charge in [-0.05, 0) is 25.0 Å². The standard InChI is InChI=1S/C13H16N2O3S/c14-6-7-18-13-3-1-2-12(10-13)15-11-4-8-19(16,17)9-5-11/h1-3,10-11,15H,4-5,7-9H2. The first-order valence-corrected chi connectivity index (χ1v) is 7.98. The number of nitrogens with zero attached hydrogens (tertiary/aromatic N) is 1. The van der Waals surface area contributed by atoms with Crippen LogP contribution in [0.2, 0.25) is 0 Å². The van der Waals surface area contributed by atoms with Crippen LogP contribution in [0.5, 0.6) is 5.75 Å². The number of hydrogen-bond donors (Lipinski definition) is 1. The number of nitrogens with one attached hydrogen (secondary N) is 1. The van der Waals surface area contributed by atoms with Crippen LogP contribution in [0.25, 0.3) is 0 Å². The third kappa shape index (κ3) is 4.14. The van der Waals surface area contributed by atoms with Gasteiger partial charge in [-0.2, -0.15) is 5.26 Å². The molecule has 0 spiro atoms. The number of rotatable bonds is 4. The van der Waals surface area contributed by atoms with Gasteiger partial charge in [-0.3, -0.25) is 0 Å². The van der Waals surface area contributed by atoms with Gasteiger partial charge in [0.2, 0.25) is 0 Å². The van der Waals surface area contributed by atoms with Gasteiger partial charge >= 0.3 is 0 Å². The number of sulfone groups is 1. The van der Waals surface area contributed by atoms with E-state index in [-0.39, 0.29) is 24.2 Å². The highest BCUT2D eigenvalue weighted by Crippen LogP contribution is 2.21. The van der Waals surface area contributed by atoms with Gasteiger partial charge in [0.05, 0.1) is 11.5 Å². The maximum absolute atomic E-state index is 11.3. The number of ether oxygens (including phenoxy) is 1. The smallest absolute Gasteiger partial charge is 0.174 e. The van der Waals surface area contributed by atoms with E-state index in [0.29, 0.717) is 18.6 Å². The van der Waals surface area contributed by atoms with Crippen molar-refractivity contribution in [2.75, 3.05) is 23.4 Å². The number of benzene rings is 1. The second-order valence-electron chi connectivity index (χ2n) is 4.55. The van der Waals surface area contributed by atoms with Crippen LogP contribution in [0.1, 0.15) is 12.8 Å². The van der Waals surface area contributed by atoms with Crippen LogP contribution in [-0.4, -0.2) is 32.6 Å². The molecule has 1 aliphatic heterocycles. The first kappa shape index (κ1) is 13.7. The normalized spacial score (nSPS) is 18.5. The van der Waals surface area contributed by atoms with E-state index in [1.165, 1.54) is 0 Å². The molecule has 0 aliphatic carbocycles. The molecule has 0 amide bonds. The van der Waals surface area contributed by atoms with Crippen molar-refractivity contribution < 1.29 is 13.2 Å². The van der Waals surface area contributed by atoms with Crippen LogP contribution in [0.15, 0.2) is 24.3 Å². The zero-order valence-electron chi connectivity index (χ0n) is 10.5. The minimum atomic E-state index is -2.83. The first-order chi connectivity index (χ1) is 9.09. The zero-order valence-corrected chi connectivity index (χ0v) is 11.3. The second kappa shape index (κ2) is 5.93. The monoisotopic (exact) mass is 280 g/mol. The molecule has 1 fully saturated rings. The molecular weight excluding hydrogens is 264 g/mol. The lowest BCUT2D eigenvalue weighted by Crippen LogP contribution is -2.32. The van der Waals surface area contributed by atoms with Crippen LogP contribution in [0.3, 0.4) is 0 Å². The number of anilines is 1. The lowest BCUT2D eigenvalue weighted by atomic mass is 10.1. The molecule has 2 rings (SSSR count). The Kier molecular flexibility index (Phi) is 4.27.